The predicted molar refractivity (Wildman–Crippen MR) is 64.7 cm³/mol. The fraction of sp³-hybridized carbons (Fsp3) is 0.462. The lowest BCUT2D eigenvalue weighted by atomic mass is 10.1. The van der Waals surface area contributed by atoms with E-state index in [1.165, 1.54) is 7.05 Å². The molecule has 0 aliphatic heterocycles. The molecular formula is C13H16F3NO2. The van der Waals surface area contributed by atoms with Gasteiger partial charge in [-0.15, -0.1) is 0 Å². The zero-order chi connectivity index (χ0) is 14.6. The Balaban J connectivity index is 2.82. The van der Waals surface area contributed by atoms with Crippen molar-refractivity contribution in [3.05, 3.63) is 35.4 Å². The summed E-state index contributed by atoms with van der Waals surface area (Å²) < 4.78 is 38.4. The summed E-state index contributed by atoms with van der Waals surface area (Å²) in [6.07, 6.45) is -5.51. The second kappa shape index (κ2) is 6.06. The Kier molecular flexibility index (Phi) is 4.94. The maximum atomic E-state index is 12.8. The first-order valence-corrected chi connectivity index (χ1v) is 5.74. The number of rotatable bonds is 5. The summed E-state index contributed by atoms with van der Waals surface area (Å²) in [6, 6.07) is 5.13. The molecule has 0 aliphatic rings. The van der Waals surface area contributed by atoms with Crippen LogP contribution in [0, 0.1) is 6.92 Å². The van der Waals surface area contributed by atoms with Gasteiger partial charge in [-0.2, -0.15) is 13.2 Å². The van der Waals surface area contributed by atoms with Gasteiger partial charge in [0.25, 0.3) is 0 Å². The topological polar surface area (TPSA) is 40.5 Å². The first-order chi connectivity index (χ1) is 8.70. The predicted octanol–water partition coefficient (Wildman–Crippen LogP) is 2.83. The van der Waals surface area contributed by atoms with Crippen LogP contribution in [0.3, 0.4) is 0 Å². The largest absolute Gasteiger partial charge is 0.481 e. The SMILES string of the molecule is Cc1cccc(CN(C)C(CC(=O)O)C(F)(F)F)c1. The zero-order valence-corrected chi connectivity index (χ0v) is 10.7. The molecule has 3 nitrogen and oxygen atoms in total. The number of carboxylic acids is 1. The number of hydrogen-bond acceptors (Lipinski definition) is 2. The fourth-order valence-electron chi connectivity index (χ4n) is 1.90. The molecule has 1 N–H and O–H groups in total. The zero-order valence-electron chi connectivity index (χ0n) is 10.7. The molecule has 19 heavy (non-hydrogen) atoms. The van der Waals surface area contributed by atoms with Crippen LogP contribution in [-0.4, -0.2) is 35.2 Å². The van der Waals surface area contributed by atoms with Crippen molar-refractivity contribution in [3.8, 4) is 0 Å². The average molecular weight is 275 g/mol. The van der Waals surface area contributed by atoms with Crippen molar-refractivity contribution in [2.24, 2.45) is 0 Å². The summed E-state index contributed by atoms with van der Waals surface area (Å²) in [5, 5.41) is 8.58. The second-order valence-electron chi connectivity index (χ2n) is 4.56. The molecule has 1 aromatic carbocycles. The smallest absolute Gasteiger partial charge is 0.404 e. The van der Waals surface area contributed by atoms with Gasteiger partial charge in [-0.25, -0.2) is 0 Å². The Hall–Kier alpha value is -1.56. The van der Waals surface area contributed by atoms with E-state index in [-0.39, 0.29) is 6.54 Å². The monoisotopic (exact) mass is 275 g/mol. The molecule has 106 valence electrons. The van der Waals surface area contributed by atoms with Gasteiger partial charge in [0.05, 0.1) is 6.42 Å². The Morgan fingerprint density at radius 1 is 1.42 bits per heavy atom. The van der Waals surface area contributed by atoms with Crippen LogP contribution in [0.1, 0.15) is 17.5 Å². The minimum absolute atomic E-state index is 0.0547. The van der Waals surface area contributed by atoms with E-state index < -0.39 is 24.6 Å². The van der Waals surface area contributed by atoms with Crippen molar-refractivity contribution >= 4 is 5.97 Å². The molecule has 0 aliphatic carbocycles. The average Bonchev–Trinajstić information content (AvgIpc) is 2.24. The summed E-state index contributed by atoms with van der Waals surface area (Å²) >= 11 is 0. The molecule has 0 fully saturated rings. The number of alkyl halides is 3. The number of hydrogen-bond donors (Lipinski definition) is 1. The molecule has 0 aromatic heterocycles. The highest BCUT2D eigenvalue weighted by molar-refractivity contribution is 5.67. The van der Waals surface area contributed by atoms with Crippen molar-refractivity contribution < 1.29 is 23.1 Å². The van der Waals surface area contributed by atoms with E-state index in [4.69, 9.17) is 5.11 Å². The lowest BCUT2D eigenvalue weighted by Gasteiger charge is -2.28. The molecule has 0 radical (unpaired) electrons. The van der Waals surface area contributed by atoms with Gasteiger partial charge < -0.3 is 5.11 Å². The minimum atomic E-state index is -4.56. The van der Waals surface area contributed by atoms with Crippen molar-refractivity contribution in [1.82, 2.24) is 4.90 Å². The fourth-order valence-corrected chi connectivity index (χ4v) is 1.90. The Morgan fingerprint density at radius 2 is 2.05 bits per heavy atom. The number of halogens is 3. The van der Waals surface area contributed by atoms with Crippen LogP contribution < -0.4 is 0 Å². The standard InChI is InChI=1S/C13H16F3NO2/c1-9-4-3-5-10(6-9)8-17(2)11(7-12(18)19)13(14,15)16/h3-6,11H,7-8H2,1-2H3,(H,18,19). The summed E-state index contributed by atoms with van der Waals surface area (Å²) in [7, 11) is 1.28. The Morgan fingerprint density at radius 3 is 2.53 bits per heavy atom. The van der Waals surface area contributed by atoms with Gasteiger partial charge in [-0.1, -0.05) is 29.8 Å². The van der Waals surface area contributed by atoms with Crippen LogP contribution in [-0.2, 0) is 11.3 Å². The van der Waals surface area contributed by atoms with E-state index in [0.717, 1.165) is 16.0 Å². The van der Waals surface area contributed by atoms with Crippen LogP contribution >= 0.6 is 0 Å². The molecular weight excluding hydrogens is 259 g/mol. The van der Waals surface area contributed by atoms with Crippen LogP contribution in [0.2, 0.25) is 0 Å². The van der Waals surface area contributed by atoms with Crippen LogP contribution in [0.5, 0.6) is 0 Å². The van der Waals surface area contributed by atoms with Gasteiger partial charge in [-0.05, 0) is 19.5 Å². The third-order valence-corrected chi connectivity index (χ3v) is 2.79. The quantitative estimate of drug-likeness (QED) is 0.898. The third-order valence-electron chi connectivity index (χ3n) is 2.79. The molecule has 6 heteroatoms. The van der Waals surface area contributed by atoms with Crippen LogP contribution in [0.4, 0.5) is 13.2 Å². The lowest BCUT2D eigenvalue weighted by Crippen LogP contribution is -2.44. The van der Waals surface area contributed by atoms with Crippen molar-refractivity contribution in [3.63, 3.8) is 0 Å². The molecule has 0 saturated heterocycles. The molecule has 0 amide bonds. The Bertz CT molecular complexity index is 446. The molecule has 0 spiro atoms. The second-order valence-corrected chi connectivity index (χ2v) is 4.56. The maximum absolute atomic E-state index is 12.8. The molecule has 0 saturated carbocycles. The van der Waals surface area contributed by atoms with E-state index in [2.05, 4.69) is 0 Å². The molecule has 0 heterocycles. The van der Waals surface area contributed by atoms with Gasteiger partial charge in [0.2, 0.25) is 0 Å². The lowest BCUT2D eigenvalue weighted by molar-refractivity contribution is -0.188. The van der Waals surface area contributed by atoms with Gasteiger partial charge in [0.1, 0.15) is 6.04 Å². The van der Waals surface area contributed by atoms with Gasteiger partial charge >= 0.3 is 12.1 Å². The third kappa shape index (κ3) is 4.90. The maximum Gasteiger partial charge on any atom is 0.404 e. The van der Waals surface area contributed by atoms with Gasteiger partial charge in [0, 0.05) is 6.54 Å². The Labute approximate surface area is 109 Å². The molecule has 1 unspecified atom stereocenters. The summed E-state index contributed by atoms with van der Waals surface area (Å²) in [6.45, 7) is 1.90. The van der Waals surface area contributed by atoms with E-state index in [0.29, 0.717) is 0 Å². The molecule has 1 rings (SSSR count). The van der Waals surface area contributed by atoms with Crippen molar-refractivity contribution in [1.29, 1.82) is 0 Å². The van der Waals surface area contributed by atoms with Crippen molar-refractivity contribution in [2.75, 3.05) is 7.05 Å². The normalized spacial score (nSPS) is 13.6. The molecule has 0 bridgehead atoms. The highest BCUT2D eigenvalue weighted by Gasteiger charge is 2.43. The number of benzene rings is 1. The van der Waals surface area contributed by atoms with E-state index in [9.17, 15) is 18.0 Å². The summed E-state index contributed by atoms with van der Waals surface area (Å²) in [5.41, 5.74) is 1.68. The number of carbonyl (C=O) groups is 1. The van der Waals surface area contributed by atoms with E-state index in [1.54, 1.807) is 18.2 Å². The van der Waals surface area contributed by atoms with Crippen LogP contribution in [0.25, 0.3) is 0 Å². The number of aliphatic carboxylic acids is 1. The van der Waals surface area contributed by atoms with Crippen molar-refractivity contribution in [2.45, 2.75) is 32.1 Å². The first kappa shape index (κ1) is 15.5. The summed E-state index contributed by atoms with van der Waals surface area (Å²) in [5.74, 6) is -1.46. The van der Waals surface area contributed by atoms with Crippen LogP contribution in [0.15, 0.2) is 24.3 Å². The highest BCUT2D eigenvalue weighted by Crippen LogP contribution is 2.27. The highest BCUT2D eigenvalue weighted by atomic mass is 19.4. The molecule has 1 atom stereocenters. The van der Waals surface area contributed by atoms with Gasteiger partial charge in [0.15, 0.2) is 0 Å². The van der Waals surface area contributed by atoms with E-state index >= 15 is 0 Å². The number of nitrogens with zero attached hydrogens (tertiary/aromatic N) is 1. The number of aryl methyl sites for hydroxylation is 1. The summed E-state index contributed by atoms with van der Waals surface area (Å²) in [4.78, 5) is 11.6. The van der Waals surface area contributed by atoms with Gasteiger partial charge in [-0.3, -0.25) is 9.69 Å². The minimum Gasteiger partial charge on any atom is -0.481 e. The first-order valence-electron chi connectivity index (χ1n) is 5.74. The molecule has 1 aromatic rings. The number of carboxylic acid groups (broad SMARTS) is 1. The van der Waals surface area contributed by atoms with E-state index in [1.807, 2.05) is 13.0 Å².